The highest BCUT2D eigenvalue weighted by Gasteiger charge is 2.32. The van der Waals surface area contributed by atoms with Gasteiger partial charge in [-0.15, -0.1) is 0 Å². The maximum atomic E-state index is 13.8. The summed E-state index contributed by atoms with van der Waals surface area (Å²) in [5, 5.41) is 3.47. The van der Waals surface area contributed by atoms with E-state index in [2.05, 4.69) is 5.32 Å². The second-order valence-corrected chi connectivity index (χ2v) is 13.0. The number of sulfonamides is 1. The molecule has 0 heterocycles. The molecule has 13 heteroatoms. The highest BCUT2D eigenvalue weighted by molar-refractivity contribution is 7.92. The number of alkyl halides is 3. The van der Waals surface area contributed by atoms with Crippen LogP contribution in [0.25, 0.3) is 0 Å². The third-order valence-corrected chi connectivity index (χ3v) is 8.70. The number of rotatable bonds is 14. The second kappa shape index (κ2) is 15.6. The molecule has 0 bridgehead atoms. The van der Waals surface area contributed by atoms with Crippen LogP contribution in [0.3, 0.4) is 0 Å². The Morgan fingerprint density at radius 1 is 0.932 bits per heavy atom. The first-order valence-corrected chi connectivity index (χ1v) is 16.5. The van der Waals surface area contributed by atoms with Crippen LogP contribution in [0.2, 0.25) is 10.0 Å². The molecule has 0 saturated heterocycles. The normalized spacial score (nSPS) is 12.4. The Morgan fingerprint density at radius 2 is 1.64 bits per heavy atom. The van der Waals surface area contributed by atoms with Gasteiger partial charge in [0.15, 0.2) is 0 Å². The maximum absolute atomic E-state index is 13.8. The molecule has 0 aliphatic rings. The molecule has 0 aromatic heterocycles. The standard InChI is InChI=1S/C31H34Cl2F3N3O4S/c1-3-16-37-30(41)28(19-22-9-5-4-6-10-22)38(21-23-14-15-26(32)27(33)18-23)29(40)13-8-17-39(44(2,42)43)25-12-7-11-24(20-25)31(34,35)36/h4-7,9-12,14-15,18,20,28H,3,8,13,16-17,19,21H2,1-2H3,(H,37,41)/t28-/m1/s1. The molecule has 7 nitrogen and oxygen atoms in total. The summed E-state index contributed by atoms with van der Waals surface area (Å²) in [5.41, 5.74) is 0.289. The Hall–Kier alpha value is -3.28. The quantitative estimate of drug-likeness (QED) is 0.206. The van der Waals surface area contributed by atoms with Crippen LogP contribution in [0.1, 0.15) is 42.9 Å². The Labute approximate surface area is 266 Å². The van der Waals surface area contributed by atoms with Gasteiger partial charge in [0.05, 0.1) is 27.6 Å². The van der Waals surface area contributed by atoms with Crippen molar-refractivity contribution in [1.82, 2.24) is 10.2 Å². The molecule has 3 rings (SSSR count). The fourth-order valence-corrected chi connectivity index (χ4v) is 5.87. The Morgan fingerprint density at radius 3 is 2.25 bits per heavy atom. The van der Waals surface area contributed by atoms with Crippen molar-refractivity contribution < 1.29 is 31.2 Å². The van der Waals surface area contributed by atoms with Gasteiger partial charge in [0.2, 0.25) is 21.8 Å². The average Bonchev–Trinajstić information content (AvgIpc) is 2.97. The van der Waals surface area contributed by atoms with Gasteiger partial charge in [-0.05, 0) is 54.3 Å². The maximum Gasteiger partial charge on any atom is 0.416 e. The van der Waals surface area contributed by atoms with Crippen molar-refractivity contribution in [2.24, 2.45) is 0 Å². The second-order valence-electron chi connectivity index (χ2n) is 10.3. The summed E-state index contributed by atoms with van der Waals surface area (Å²) in [6.07, 6.45) is -3.08. The number of halogens is 5. The highest BCUT2D eigenvalue weighted by Crippen LogP contribution is 2.32. The third-order valence-electron chi connectivity index (χ3n) is 6.77. The number of carbonyl (C=O) groups is 2. The van der Waals surface area contributed by atoms with Crippen LogP contribution in [-0.2, 0) is 38.8 Å². The molecule has 0 spiro atoms. The van der Waals surface area contributed by atoms with Crippen molar-refractivity contribution in [3.8, 4) is 0 Å². The zero-order valence-corrected chi connectivity index (χ0v) is 26.6. The predicted octanol–water partition coefficient (Wildman–Crippen LogP) is 6.72. The van der Waals surface area contributed by atoms with Crippen LogP contribution in [0.5, 0.6) is 0 Å². The van der Waals surface area contributed by atoms with Crippen LogP contribution in [-0.4, -0.2) is 50.5 Å². The van der Waals surface area contributed by atoms with Crippen LogP contribution >= 0.6 is 23.2 Å². The molecule has 1 atom stereocenters. The summed E-state index contributed by atoms with van der Waals surface area (Å²) < 4.78 is 65.9. The third kappa shape index (κ3) is 10.1. The van der Waals surface area contributed by atoms with Crippen LogP contribution in [0, 0.1) is 0 Å². The van der Waals surface area contributed by atoms with Gasteiger partial charge in [-0.25, -0.2) is 8.42 Å². The number of hydrogen-bond donors (Lipinski definition) is 1. The summed E-state index contributed by atoms with van der Waals surface area (Å²) in [6.45, 7) is 2.07. The summed E-state index contributed by atoms with van der Waals surface area (Å²) in [6, 6.07) is 17.2. The van der Waals surface area contributed by atoms with Gasteiger partial charge in [0.25, 0.3) is 0 Å². The lowest BCUT2D eigenvalue weighted by Gasteiger charge is -2.32. The Kier molecular flexibility index (Phi) is 12.5. The van der Waals surface area contributed by atoms with Crippen molar-refractivity contribution in [3.05, 3.63) is 99.5 Å². The van der Waals surface area contributed by atoms with Gasteiger partial charge in [0, 0.05) is 32.5 Å². The lowest BCUT2D eigenvalue weighted by Crippen LogP contribution is -2.50. The number of amides is 2. The fourth-order valence-electron chi connectivity index (χ4n) is 4.60. The largest absolute Gasteiger partial charge is 0.416 e. The zero-order chi connectivity index (χ0) is 32.5. The average molecular weight is 673 g/mol. The van der Waals surface area contributed by atoms with E-state index in [9.17, 15) is 31.2 Å². The lowest BCUT2D eigenvalue weighted by molar-refractivity contribution is -0.141. The molecule has 2 amide bonds. The molecule has 3 aromatic rings. The molecule has 0 unspecified atom stereocenters. The molecule has 44 heavy (non-hydrogen) atoms. The highest BCUT2D eigenvalue weighted by atomic mass is 35.5. The van der Waals surface area contributed by atoms with Crippen molar-refractivity contribution in [2.75, 3.05) is 23.7 Å². The fraction of sp³-hybridized carbons (Fsp3) is 0.355. The van der Waals surface area contributed by atoms with Crippen LogP contribution in [0.15, 0.2) is 72.8 Å². The van der Waals surface area contributed by atoms with Crippen molar-refractivity contribution in [3.63, 3.8) is 0 Å². The van der Waals surface area contributed by atoms with E-state index in [1.54, 1.807) is 18.2 Å². The summed E-state index contributed by atoms with van der Waals surface area (Å²) in [5.74, 6) is -0.799. The van der Waals surface area contributed by atoms with Crippen molar-refractivity contribution in [1.29, 1.82) is 0 Å². The van der Waals surface area contributed by atoms with E-state index in [1.807, 2.05) is 37.3 Å². The Bertz CT molecular complexity index is 1540. The van der Waals surface area contributed by atoms with Crippen molar-refractivity contribution in [2.45, 2.75) is 51.4 Å². The number of carbonyl (C=O) groups excluding carboxylic acids is 2. The topological polar surface area (TPSA) is 86.8 Å². The number of nitrogens with one attached hydrogen (secondary N) is 1. The predicted molar refractivity (Wildman–Crippen MR) is 167 cm³/mol. The molecule has 0 aliphatic heterocycles. The molecular weight excluding hydrogens is 638 g/mol. The molecule has 0 saturated carbocycles. The molecular formula is C31H34Cl2F3N3O4S. The van der Waals surface area contributed by atoms with E-state index in [-0.39, 0.29) is 49.0 Å². The summed E-state index contributed by atoms with van der Waals surface area (Å²) >= 11 is 12.3. The van der Waals surface area contributed by atoms with Gasteiger partial charge in [-0.2, -0.15) is 13.2 Å². The first kappa shape index (κ1) is 35.2. The minimum Gasteiger partial charge on any atom is -0.354 e. The number of nitrogens with zero attached hydrogens (tertiary/aromatic N) is 2. The van der Waals surface area contributed by atoms with E-state index < -0.39 is 33.7 Å². The zero-order valence-electron chi connectivity index (χ0n) is 24.3. The Balaban J connectivity index is 1.91. The lowest BCUT2D eigenvalue weighted by atomic mass is 10.0. The minimum atomic E-state index is -4.66. The van der Waals surface area contributed by atoms with E-state index in [1.165, 1.54) is 11.0 Å². The number of benzene rings is 3. The van der Waals surface area contributed by atoms with E-state index >= 15 is 0 Å². The molecule has 0 radical (unpaired) electrons. The monoisotopic (exact) mass is 671 g/mol. The van der Waals surface area contributed by atoms with Crippen LogP contribution in [0.4, 0.5) is 18.9 Å². The first-order chi connectivity index (χ1) is 20.7. The van der Waals surface area contributed by atoms with Gasteiger partial charge >= 0.3 is 6.18 Å². The molecule has 0 aliphatic carbocycles. The number of anilines is 1. The molecule has 1 N–H and O–H groups in total. The SMILES string of the molecule is CCCNC(=O)[C@@H](Cc1ccccc1)N(Cc1ccc(Cl)c(Cl)c1)C(=O)CCCN(c1cccc(C(F)(F)F)c1)S(C)(=O)=O. The van der Waals surface area contributed by atoms with Crippen molar-refractivity contribution >= 4 is 50.7 Å². The molecule has 238 valence electrons. The van der Waals surface area contributed by atoms with Crippen LogP contribution < -0.4 is 9.62 Å². The molecule has 3 aromatic carbocycles. The minimum absolute atomic E-state index is 0.0101. The summed E-state index contributed by atoms with van der Waals surface area (Å²) in [7, 11) is -3.99. The van der Waals surface area contributed by atoms with E-state index in [4.69, 9.17) is 23.2 Å². The van der Waals surface area contributed by atoms with E-state index in [0.717, 1.165) is 34.3 Å². The smallest absolute Gasteiger partial charge is 0.354 e. The first-order valence-electron chi connectivity index (χ1n) is 13.9. The molecule has 0 fully saturated rings. The van der Waals surface area contributed by atoms with Gasteiger partial charge in [-0.3, -0.25) is 13.9 Å². The van der Waals surface area contributed by atoms with Gasteiger partial charge < -0.3 is 10.2 Å². The van der Waals surface area contributed by atoms with E-state index in [0.29, 0.717) is 23.6 Å². The van der Waals surface area contributed by atoms with Gasteiger partial charge in [0.1, 0.15) is 6.04 Å². The van der Waals surface area contributed by atoms with Gasteiger partial charge in [-0.1, -0.05) is 72.6 Å². The summed E-state index contributed by atoms with van der Waals surface area (Å²) in [4.78, 5) is 28.7. The number of hydrogen-bond acceptors (Lipinski definition) is 4.